The van der Waals surface area contributed by atoms with Crippen molar-refractivity contribution in [3.8, 4) is 0 Å². The van der Waals surface area contributed by atoms with Crippen LogP contribution in [-0.2, 0) is 5.33 Å². The first kappa shape index (κ1) is 6.11. The van der Waals surface area contributed by atoms with Gasteiger partial charge in [-0.15, -0.1) is 0 Å². The van der Waals surface area contributed by atoms with Crippen LogP contribution < -0.4 is 0 Å². The summed E-state index contributed by atoms with van der Waals surface area (Å²) in [5, 5.41) is 0.853. The largest absolute Gasteiger partial charge is 0.432 e. The van der Waals surface area contributed by atoms with E-state index in [-0.39, 0.29) is 5.35 Å². The second-order valence-corrected chi connectivity index (χ2v) is 2.10. The molecule has 0 amide bonds. The highest BCUT2D eigenvalue weighted by Crippen LogP contribution is 2.10. The minimum absolute atomic E-state index is 0.194. The van der Waals surface area contributed by atoms with Crippen molar-refractivity contribution < 1.29 is 4.42 Å². The lowest BCUT2D eigenvalue weighted by Crippen LogP contribution is -1.62. The summed E-state index contributed by atoms with van der Waals surface area (Å²) >= 11 is 8.52. The number of rotatable bonds is 1. The highest BCUT2D eigenvalue weighted by Gasteiger charge is 1.95. The van der Waals surface area contributed by atoms with Crippen LogP contribution in [0.3, 0.4) is 0 Å². The van der Waals surface area contributed by atoms with E-state index in [1.54, 1.807) is 6.20 Å². The van der Waals surface area contributed by atoms with Gasteiger partial charge in [-0.1, -0.05) is 15.9 Å². The number of halogens is 2. The lowest BCUT2D eigenvalue weighted by molar-refractivity contribution is 0.526. The Hall–Kier alpha value is -0.0200. The monoisotopic (exact) mass is 195 g/mol. The minimum atomic E-state index is 0.194. The first-order valence-corrected chi connectivity index (χ1v) is 3.49. The molecule has 0 bridgehead atoms. The van der Waals surface area contributed by atoms with Gasteiger partial charge in [-0.25, -0.2) is 4.98 Å². The Kier molecular flexibility index (Phi) is 1.91. The van der Waals surface area contributed by atoms with Crippen molar-refractivity contribution in [2.24, 2.45) is 0 Å². The molecule has 2 nitrogen and oxygen atoms in total. The Morgan fingerprint density at radius 1 is 1.88 bits per heavy atom. The molecule has 1 rings (SSSR count). The highest BCUT2D eigenvalue weighted by molar-refractivity contribution is 9.08. The molecule has 0 atom stereocenters. The van der Waals surface area contributed by atoms with Crippen LogP contribution in [-0.4, -0.2) is 4.98 Å². The van der Waals surface area contributed by atoms with Gasteiger partial charge >= 0.3 is 0 Å². The number of alkyl halides is 1. The van der Waals surface area contributed by atoms with Gasteiger partial charge in [-0.05, 0) is 11.6 Å². The van der Waals surface area contributed by atoms with Crippen LogP contribution >= 0.6 is 27.5 Å². The van der Waals surface area contributed by atoms with Crippen molar-refractivity contribution >= 4 is 27.5 Å². The molecule has 0 radical (unpaired) electrons. The third-order valence-corrected chi connectivity index (χ3v) is 1.38. The Bertz CT molecular complexity index is 176. The summed E-state index contributed by atoms with van der Waals surface area (Å²) in [5.74, 6) is 0.745. The SMILES string of the molecule is Clc1ncc(CBr)o1. The van der Waals surface area contributed by atoms with Crippen LogP contribution in [0.5, 0.6) is 0 Å². The normalized spacial score (nSPS) is 9.75. The Morgan fingerprint density at radius 3 is 2.88 bits per heavy atom. The summed E-state index contributed by atoms with van der Waals surface area (Å²) in [6, 6.07) is 0. The second-order valence-electron chi connectivity index (χ2n) is 1.21. The lowest BCUT2D eigenvalue weighted by Gasteiger charge is -1.77. The maximum atomic E-state index is 5.34. The quantitative estimate of drug-likeness (QED) is 0.644. The number of aromatic nitrogens is 1. The molecule has 44 valence electrons. The predicted octanol–water partition coefficient (Wildman–Crippen LogP) is 2.22. The number of oxazole rings is 1. The molecule has 1 aromatic rings. The van der Waals surface area contributed by atoms with E-state index in [1.165, 1.54) is 0 Å². The van der Waals surface area contributed by atoms with E-state index in [0.29, 0.717) is 5.33 Å². The molecule has 0 unspecified atom stereocenters. The van der Waals surface area contributed by atoms with Gasteiger partial charge in [0.05, 0.1) is 11.5 Å². The number of nitrogens with zero attached hydrogens (tertiary/aromatic N) is 1. The van der Waals surface area contributed by atoms with E-state index >= 15 is 0 Å². The van der Waals surface area contributed by atoms with Gasteiger partial charge in [0.25, 0.3) is 5.35 Å². The average molecular weight is 196 g/mol. The van der Waals surface area contributed by atoms with Crippen LogP contribution in [0.2, 0.25) is 5.35 Å². The van der Waals surface area contributed by atoms with E-state index in [2.05, 4.69) is 20.9 Å². The van der Waals surface area contributed by atoms with Crippen molar-refractivity contribution in [2.75, 3.05) is 0 Å². The van der Waals surface area contributed by atoms with Crippen molar-refractivity contribution in [3.05, 3.63) is 17.3 Å². The van der Waals surface area contributed by atoms with E-state index in [9.17, 15) is 0 Å². The summed E-state index contributed by atoms with van der Waals surface area (Å²) in [4.78, 5) is 3.66. The van der Waals surface area contributed by atoms with Crippen molar-refractivity contribution in [1.29, 1.82) is 0 Å². The summed E-state index contributed by atoms with van der Waals surface area (Å²) < 4.78 is 4.84. The molecule has 0 aliphatic rings. The van der Waals surface area contributed by atoms with Crippen LogP contribution in [0.25, 0.3) is 0 Å². The Labute approximate surface area is 60.0 Å². The van der Waals surface area contributed by atoms with Gasteiger partial charge < -0.3 is 4.42 Å². The van der Waals surface area contributed by atoms with Crippen LogP contribution in [0, 0.1) is 0 Å². The summed E-state index contributed by atoms with van der Waals surface area (Å²) in [6.45, 7) is 0. The smallest absolute Gasteiger partial charge is 0.292 e. The minimum Gasteiger partial charge on any atom is -0.432 e. The molecule has 1 heterocycles. The van der Waals surface area contributed by atoms with Crippen molar-refractivity contribution in [3.63, 3.8) is 0 Å². The molecular weight excluding hydrogens is 193 g/mol. The van der Waals surface area contributed by atoms with Crippen LogP contribution in [0.15, 0.2) is 10.6 Å². The number of hydrogen-bond acceptors (Lipinski definition) is 2. The van der Waals surface area contributed by atoms with E-state index in [4.69, 9.17) is 16.0 Å². The molecule has 1 aromatic heterocycles. The van der Waals surface area contributed by atoms with Gasteiger partial charge in [0, 0.05) is 0 Å². The summed E-state index contributed by atoms with van der Waals surface area (Å²) in [7, 11) is 0. The Morgan fingerprint density at radius 2 is 2.62 bits per heavy atom. The zero-order chi connectivity index (χ0) is 5.98. The maximum Gasteiger partial charge on any atom is 0.292 e. The lowest BCUT2D eigenvalue weighted by atomic mass is 10.6. The average Bonchev–Trinajstić information content (AvgIpc) is 2.14. The van der Waals surface area contributed by atoms with Crippen LogP contribution in [0.4, 0.5) is 0 Å². The topological polar surface area (TPSA) is 26.0 Å². The molecule has 0 fully saturated rings. The first-order valence-electron chi connectivity index (χ1n) is 1.99. The fourth-order valence-corrected chi connectivity index (χ4v) is 0.753. The molecule has 0 spiro atoms. The maximum absolute atomic E-state index is 5.34. The van der Waals surface area contributed by atoms with Crippen molar-refractivity contribution in [2.45, 2.75) is 5.33 Å². The molecule has 0 aromatic carbocycles. The van der Waals surface area contributed by atoms with E-state index in [0.717, 1.165) is 5.76 Å². The molecule has 0 saturated carbocycles. The third kappa shape index (κ3) is 1.23. The van der Waals surface area contributed by atoms with E-state index in [1.807, 2.05) is 0 Å². The van der Waals surface area contributed by atoms with Gasteiger partial charge in [0.2, 0.25) is 0 Å². The van der Waals surface area contributed by atoms with Gasteiger partial charge in [-0.3, -0.25) is 0 Å². The van der Waals surface area contributed by atoms with Gasteiger partial charge in [0.1, 0.15) is 5.76 Å². The third-order valence-electron chi connectivity index (χ3n) is 0.657. The zero-order valence-corrected chi connectivity index (χ0v) is 6.24. The van der Waals surface area contributed by atoms with Gasteiger partial charge in [0.15, 0.2) is 0 Å². The Balaban J connectivity index is 2.84. The molecule has 4 heteroatoms. The standard InChI is InChI=1S/C4H3BrClNO/c5-1-3-2-7-4(6)8-3/h2H,1H2. The highest BCUT2D eigenvalue weighted by atomic mass is 79.9. The molecule has 0 saturated heterocycles. The predicted molar refractivity (Wildman–Crippen MR) is 34.1 cm³/mol. The molecule has 0 aliphatic carbocycles. The second kappa shape index (κ2) is 2.51. The molecular formula is C4H3BrClNO. The van der Waals surface area contributed by atoms with Crippen molar-refractivity contribution in [1.82, 2.24) is 4.98 Å². The fourth-order valence-electron chi connectivity index (χ4n) is 0.345. The van der Waals surface area contributed by atoms with Gasteiger partial charge in [-0.2, -0.15) is 0 Å². The van der Waals surface area contributed by atoms with Crippen LogP contribution in [0.1, 0.15) is 5.76 Å². The zero-order valence-electron chi connectivity index (χ0n) is 3.90. The molecule has 8 heavy (non-hydrogen) atoms. The fraction of sp³-hybridized carbons (Fsp3) is 0.250. The first-order chi connectivity index (χ1) is 3.83. The molecule has 0 aliphatic heterocycles. The van der Waals surface area contributed by atoms with E-state index < -0.39 is 0 Å². The number of hydrogen-bond donors (Lipinski definition) is 0. The molecule has 0 N–H and O–H groups in total. The summed E-state index contributed by atoms with van der Waals surface area (Å²) in [6.07, 6.45) is 1.58. The summed E-state index contributed by atoms with van der Waals surface area (Å²) in [5.41, 5.74) is 0.